The molecular formula is C20H22N2O2. The second-order valence-electron chi connectivity index (χ2n) is 5.59. The first-order valence-corrected chi connectivity index (χ1v) is 7.93. The second kappa shape index (κ2) is 8.67. The highest BCUT2D eigenvalue weighted by molar-refractivity contribution is 6.01. The molecule has 2 N–H and O–H groups in total. The van der Waals surface area contributed by atoms with E-state index in [-0.39, 0.29) is 17.5 Å². The fraction of sp³-hybridized carbons (Fsp3) is 0.200. The van der Waals surface area contributed by atoms with E-state index in [0.29, 0.717) is 6.54 Å². The molecule has 0 aliphatic heterocycles. The van der Waals surface area contributed by atoms with Crippen molar-refractivity contribution in [2.45, 2.75) is 20.3 Å². The van der Waals surface area contributed by atoms with Gasteiger partial charge in [-0.05, 0) is 36.1 Å². The number of carbonyl (C=O) groups is 2. The summed E-state index contributed by atoms with van der Waals surface area (Å²) in [6.07, 6.45) is 2.44. The van der Waals surface area contributed by atoms with Crippen molar-refractivity contribution in [2.75, 3.05) is 6.54 Å². The summed E-state index contributed by atoms with van der Waals surface area (Å²) in [5.41, 5.74) is 3.35. The minimum atomic E-state index is -0.288. The van der Waals surface area contributed by atoms with Crippen LogP contribution in [0.5, 0.6) is 0 Å². The Balaban J connectivity index is 2.05. The molecule has 0 bridgehead atoms. The first kappa shape index (κ1) is 17.5. The van der Waals surface area contributed by atoms with Crippen molar-refractivity contribution < 1.29 is 9.59 Å². The highest BCUT2D eigenvalue weighted by atomic mass is 16.2. The van der Waals surface area contributed by atoms with E-state index in [9.17, 15) is 9.59 Å². The maximum absolute atomic E-state index is 12.4. The normalized spacial score (nSPS) is 11.0. The van der Waals surface area contributed by atoms with Gasteiger partial charge in [-0.3, -0.25) is 9.59 Å². The minimum absolute atomic E-state index is 0.255. The third-order valence-corrected chi connectivity index (χ3v) is 3.59. The molecule has 4 nitrogen and oxygen atoms in total. The van der Waals surface area contributed by atoms with Gasteiger partial charge in [-0.1, -0.05) is 54.6 Å². The van der Waals surface area contributed by atoms with Crippen molar-refractivity contribution >= 4 is 17.9 Å². The molecule has 2 amide bonds. The van der Waals surface area contributed by atoms with Gasteiger partial charge in [-0.2, -0.15) is 0 Å². The lowest BCUT2D eigenvalue weighted by atomic mass is 10.1. The van der Waals surface area contributed by atoms with Crippen molar-refractivity contribution in [1.82, 2.24) is 10.6 Å². The zero-order valence-electron chi connectivity index (χ0n) is 14.0. The summed E-state index contributed by atoms with van der Waals surface area (Å²) in [6, 6.07) is 17.6. The van der Waals surface area contributed by atoms with Crippen molar-refractivity contribution in [3.05, 3.63) is 77.0 Å². The Morgan fingerprint density at radius 1 is 1.00 bits per heavy atom. The number of carbonyl (C=O) groups excluding carboxylic acids is 2. The Kier molecular flexibility index (Phi) is 6.32. The smallest absolute Gasteiger partial charge is 0.267 e. The highest BCUT2D eigenvalue weighted by Crippen LogP contribution is 2.11. The van der Waals surface area contributed by atoms with Gasteiger partial charge in [-0.15, -0.1) is 0 Å². The zero-order valence-corrected chi connectivity index (χ0v) is 14.0. The Morgan fingerprint density at radius 2 is 1.67 bits per heavy atom. The summed E-state index contributed by atoms with van der Waals surface area (Å²) >= 11 is 0. The topological polar surface area (TPSA) is 58.2 Å². The Morgan fingerprint density at radius 3 is 2.33 bits per heavy atom. The Bertz CT molecular complexity index is 736. The summed E-state index contributed by atoms with van der Waals surface area (Å²) in [7, 11) is 0. The molecule has 0 aliphatic rings. The lowest BCUT2D eigenvalue weighted by molar-refractivity contribution is -0.122. The molecule has 2 aromatic carbocycles. The quantitative estimate of drug-likeness (QED) is 0.804. The number of aryl methyl sites for hydroxylation is 1. The molecule has 0 fully saturated rings. The average Bonchev–Trinajstić information content (AvgIpc) is 2.56. The summed E-state index contributed by atoms with van der Waals surface area (Å²) in [6.45, 7) is 3.86. The number of hydrogen-bond donors (Lipinski definition) is 2. The third-order valence-electron chi connectivity index (χ3n) is 3.59. The van der Waals surface area contributed by atoms with E-state index < -0.39 is 0 Å². The summed E-state index contributed by atoms with van der Waals surface area (Å²) in [4.78, 5) is 23.8. The van der Waals surface area contributed by atoms with Crippen LogP contribution >= 0.6 is 0 Å². The van der Waals surface area contributed by atoms with Gasteiger partial charge in [0.05, 0.1) is 0 Å². The lowest BCUT2D eigenvalue weighted by Gasteiger charge is -2.10. The summed E-state index contributed by atoms with van der Waals surface area (Å²) in [5.74, 6) is -0.558. The number of amides is 2. The molecule has 0 radical (unpaired) electrons. The van der Waals surface area contributed by atoms with Crippen molar-refractivity contribution in [3.63, 3.8) is 0 Å². The Labute approximate surface area is 142 Å². The monoisotopic (exact) mass is 322 g/mol. The van der Waals surface area contributed by atoms with E-state index in [1.54, 1.807) is 6.08 Å². The maximum atomic E-state index is 12.4. The van der Waals surface area contributed by atoms with Crippen LogP contribution in [0.4, 0.5) is 0 Å². The van der Waals surface area contributed by atoms with Crippen LogP contribution in [0.3, 0.4) is 0 Å². The number of hydrogen-bond acceptors (Lipinski definition) is 2. The molecule has 2 rings (SSSR count). The fourth-order valence-electron chi connectivity index (χ4n) is 2.31. The second-order valence-corrected chi connectivity index (χ2v) is 5.59. The van der Waals surface area contributed by atoms with Gasteiger partial charge in [0.1, 0.15) is 5.70 Å². The van der Waals surface area contributed by atoms with Gasteiger partial charge < -0.3 is 10.6 Å². The van der Waals surface area contributed by atoms with Gasteiger partial charge >= 0.3 is 0 Å². The van der Waals surface area contributed by atoms with E-state index in [2.05, 4.69) is 10.6 Å². The predicted molar refractivity (Wildman–Crippen MR) is 96.1 cm³/mol. The SMILES string of the molecule is CC(=O)NC(=Cc1ccccc1C)C(=O)NCCc1ccccc1. The van der Waals surface area contributed by atoms with Crippen molar-refractivity contribution in [3.8, 4) is 0 Å². The maximum Gasteiger partial charge on any atom is 0.267 e. The molecule has 0 saturated heterocycles. The van der Waals surface area contributed by atoms with Gasteiger partial charge in [0.2, 0.25) is 5.91 Å². The van der Waals surface area contributed by atoms with E-state index >= 15 is 0 Å². The van der Waals surface area contributed by atoms with Crippen LogP contribution in [-0.4, -0.2) is 18.4 Å². The molecule has 24 heavy (non-hydrogen) atoms. The first-order chi connectivity index (χ1) is 11.6. The predicted octanol–water partition coefficient (Wildman–Crippen LogP) is 2.83. The summed E-state index contributed by atoms with van der Waals surface area (Å²) in [5, 5.41) is 5.47. The van der Waals surface area contributed by atoms with Crippen LogP contribution in [0.2, 0.25) is 0 Å². The number of nitrogens with one attached hydrogen (secondary N) is 2. The van der Waals surface area contributed by atoms with Gasteiger partial charge in [0.25, 0.3) is 5.91 Å². The molecule has 2 aromatic rings. The highest BCUT2D eigenvalue weighted by Gasteiger charge is 2.11. The molecule has 124 valence electrons. The van der Waals surface area contributed by atoms with Gasteiger partial charge in [0.15, 0.2) is 0 Å². The van der Waals surface area contributed by atoms with Crippen LogP contribution in [0.25, 0.3) is 6.08 Å². The van der Waals surface area contributed by atoms with Crippen LogP contribution in [0.1, 0.15) is 23.6 Å². The van der Waals surface area contributed by atoms with E-state index in [4.69, 9.17) is 0 Å². The average molecular weight is 322 g/mol. The number of rotatable bonds is 6. The van der Waals surface area contributed by atoms with Crippen molar-refractivity contribution in [1.29, 1.82) is 0 Å². The molecule has 0 unspecified atom stereocenters. The lowest BCUT2D eigenvalue weighted by Crippen LogP contribution is -2.34. The third kappa shape index (κ3) is 5.39. The largest absolute Gasteiger partial charge is 0.350 e. The van der Waals surface area contributed by atoms with Gasteiger partial charge in [-0.25, -0.2) is 0 Å². The first-order valence-electron chi connectivity index (χ1n) is 7.93. The van der Waals surface area contributed by atoms with Crippen LogP contribution in [0.15, 0.2) is 60.3 Å². The molecule has 0 saturated carbocycles. The summed E-state index contributed by atoms with van der Waals surface area (Å²) < 4.78 is 0. The van der Waals surface area contributed by atoms with Crippen LogP contribution in [-0.2, 0) is 16.0 Å². The Hall–Kier alpha value is -2.88. The standard InChI is InChI=1S/C20H22N2O2/c1-15-8-6-7-11-18(15)14-19(22-16(2)23)20(24)21-13-12-17-9-4-3-5-10-17/h3-11,14H,12-13H2,1-2H3,(H,21,24)(H,22,23). The molecule has 0 spiro atoms. The van der Waals surface area contributed by atoms with Crippen molar-refractivity contribution in [2.24, 2.45) is 0 Å². The molecule has 0 atom stereocenters. The van der Waals surface area contributed by atoms with Gasteiger partial charge in [0, 0.05) is 13.5 Å². The molecular weight excluding hydrogens is 300 g/mol. The number of benzene rings is 2. The van der Waals surface area contributed by atoms with Crippen LogP contribution < -0.4 is 10.6 Å². The van der Waals surface area contributed by atoms with E-state index in [1.165, 1.54) is 6.92 Å². The molecule has 0 heterocycles. The fourth-order valence-corrected chi connectivity index (χ4v) is 2.31. The molecule has 4 heteroatoms. The molecule has 0 aromatic heterocycles. The minimum Gasteiger partial charge on any atom is -0.350 e. The molecule has 0 aliphatic carbocycles. The van der Waals surface area contributed by atoms with Crippen LogP contribution in [0, 0.1) is 6.92 Å². The zero-order chi connectivity index (χ0) is 17.4. The van der Waals surface area contributed by atoms with E-state index in [1.807, 2.05) is 61.5 Å². The van der Waals surface area contributed by atoms with E-state index in [0.717, 1.165) is 23.1 Å².